The first-order chi connectivity index (χ1) is 15.2. The minimum Gasteiger partial charge on any atom is -0.351 e. The molecule has 0 unspecified atom stereocenters. The number of carbonyl (C=O) groups is 2. The fourth-order valence-corrected chi connectivity index (χ4v) is 4.14. The van der Waals surface area contributed by atoms with Crippen LogP contribution in [0.15, 0.2) is 71.9 Å². The van der Waals surface area contributed by atoms with Gasteiger partial charge in [-0.05, 0) is 55.0 Å². The molecule has 2 aromatic carbocycles. The zero-order valence-corrected chi connectivity index (χ0v) is 18.7. The molecule has 11 heteroatoms. The van der Waals surface area contributed by atoms with E-state index >= 15 is 0 Å². The second-order valence-electron chi connectivity index (χ2n) is 6.97. The summed E-state index contributed by atoms with van der Waals surface area (Å²) < 4.78 is 28.7. The molecule has 0 aliphatic rings. The van der Waals surface area contributed by atoms with Gasteiger partial charge in [0.15, 0.2) is 0 Å². The van der Waals surface area contributed by atoms with Crippen LogP contribution in [0.2, 0.25) is 5.02 Å². The van der Waals surface area contributed by atoms with E-state index in [-0.39, 0.29) is 23.9 Å². The summed E-state index contributed by atoms with van der Waals surface area (Å²) in [6, 6.07) is 13.4. The molecule has 2 amide bonds. The first kappa shape index (κ1) is 23.5. The Bertz CT molecular complexity index is 1180. The summed E-state index contributed by atoms with van der Waals surface area (Å²) in [5.74, 6) is -0.726. The predicted octanol–water partition coefficient (Wildman–Crippen LogP) is 2.16. The first-order valence-corrected chi connectivity index (χ1v) is 11.5. The van der Waals surface area contributed by atoms with E-state index in [2.05, 4.69) is 20.5 Å². The summed E-state index contributed by atoms with van der Waals surface area (Å²) in [4.78, 5) is 24.5. The number of hydrogen-bond donors (Lipinski definition) is 3. The minimum atomic E-state index is -3.87. The fraction of sp³-hybridized carbons (Fsp3) is 0.190. The quantitative estimate of drug-likeness (QED) is 0.437. The third-order valence-corrected chi connectivity index (χ3v) is 6.20. The van der Waals surface area contributed by atoms with Crippen LogP contribution in [0.25, 0.3) is 0 Å². The van der Waals surface area contributed by atoms with E-state index in [0.717, 1.165) is 5.56 Å². The Balaban J connectivity index is 1.53. The predicted molar refractivity (Wildman–Crippen MR) is 120 cm³/mol. The van der Waals surface area contributed by atoms with Crippen LogP contribution in [0.1, 0.15) is 12.5 Å². The number of halogens is 1. The molecule has 0 radical (unpaired) electrons. The molecule has 0 spiro atoms. The van der Waals surface area contributed by atoms with Crippen LogP contribution >= 0.6 is 11.6 Å². The molecule has 9 nitrogen and oxygen atoms in total. The van der Waals surface area contributed by atoms with Crippen molar-refractivity contribution in [2.45, 2.75) is 31.0 Å². The highest BCUT2D eigenvalue weighted by molar-refractivity contribution is 7.89. The van der Waals surface area contributed by atoms with E-state index in [1.165, 1.54) is 35.9 Å². The van der Waals surface area contributed by atoms with Gasteiger partial charge in [-0.1, -0.05) is 23.7 Å². The van der Waals surface area contributed by atoms with Gasteiger partial charge < -0.3 is 10.6 Å². The summed E-state index contributed by atoms with van der Waals surface area (Å²) in [7, 11) is -3.87. The van der Waals surface area contributed by atoms with Crippen LogP contribution in [-0.4, -0.2) is 36.1 Å². The molecule has 3 aromatic rings. The van der Waals surface area contributed by atoms with Crippen molar-refractivity contribution in [3.8, 4) is 0 Å². The molecule has 0 saturated carbocycles. The van der Waals surface area contributed by atoms with Crippen molar-refractivity contribution in [2.75, 3.05) is 5.32 Å². The number of carbonyl (C=O) groups excluding carboxylic acids is 2. The zero-order valence-electron chi connectivity index (χ0n) is 17.2. The number of amides is 2. The van der Waals surface area contributed by atoms with E-state index in [1.54, 1.807) is 42.7 Å². The van der Waals surface area contributed by atoms with Gasteiger partial charge >= 0.3 is 0 Å². The minimum absolute atomic E-state index is 0.0140. The lowest BCUT2D eigenvalue weighted by Crippen LogP contribution is -2.44. The van der Waals surface area contributed by atoms with Gasteiger partial charge in [0, 0.05) is 29.6 Å². The molecule has 3 rings (SSSR count). The molecule has 0 bridgehead atoms. The SMILES string of the molecule is C[C@H](NS(=O)(=O)c1ccc(Cl)cc1)C(=O)NCc1cccc(NC(=O)Cn2cccn2)c1. The van der Waals surface area contributed by atoms with Gasteiger partial charge in [0.25, 0.3) is 0 Å². The van der Waals surface area contributed by atoms with E-state index in [0.29, 0.717) is 10.7 Å². The molecule has 1 heterocycles. The Kier molecular flexibility index (Phi) is 7.62. The lowest BCUT2D eigenvalue weighted by Gasteiger charge is -2.15. The number of benzene rings is 2. The van der Waals surface area contributed by atoms with Gasteiger partial charge in [0.2, 0.25) is 21.8 Å². The maximum Gasteiger partial charge on any atom is 0.246 e. The van der Waals surface area contributed by atoms with Gasteiger partial charge in [-0.25, -0.2) is 8.42 Å². The van der Waals surface area contributed by atoms with Crippen molar-refractivity contribution in [3.63, 3.8) is 0 Å². The molecular weight excluding hydrogens is 454 g/mol. The van der Waals surface area contributed by atoms with Crippen LogP contribution in [0.3, 0.4) is 0 Å². The van der Waals surface area contributed by atoms with E-state index in [1.807, 2.05) is 0 Å². The average molecular weight is 476 g/mol. The molecule has 32 heavy (non-hydrogen) atoms. The fourth-order valence-electron chi connectivity index (χ4n) is 2.81. The number of hydrogen-bond acceptors (Lipinski definition) is 5. The Morgan fingerprint density at radius 1 is 1.12 bits per heavy atom. The van der Waals surface area contributed by atoms with Crippen LogP contribution in [0, 0.1) is 0 Å². The van der Waals surface area contributed by atoms with Crippen LogP contribution in [-0.2, 0) is 32.7 Å². The number of aromatic nitrogens is 2. The van der Waals surface area contributed by atoms with Crippen LogP contribution in [0.5, 0.6) is 0 Å². The second kappa shape index (κ2) is 10.4. The van der Waals surface area contributed by atoms with Gasteiger partial charge in [-0.2, -0.15) is 9.82 Å². The summed E-state index contributed by atoms with van der Waals surface area (Å²) >= 11 is 5.78. The maximum absolute atomic E-state index is 12.4. The van der Waals surface area contributed by atoms with Crippen molar-refractivity contribution in [1.29, 1.82) is 0 Å². The highest BCUT2D eigenvalue weighted by Crippen LogP contribution is 2.14. The maximum atomic E-state index is 12.4. The lowest BCUT2D eigenvalue weighted by molar-refractivity contribution is -0.122. The van der Waals surface area contributed by atoms with Gasteiger partial charge in [-0.3, -0.25) is 14.3 Å². The molecule has 1 aromatic heterocycles. The molecule has 0 aliphatic carbocycles. The summed E-state index contributed by atoms with van der Waals surface area (Å²) in [5.41, 5.74) is 1.31. The standard InChI is InChI=1S/C21H22ClN5O4S/c1-15(26-32(30,31)19-8-6-17(22)7-9-19)21(29)23-13-16-4-2-5-18(12-16)25-20(28)14-27-11-3-10-24-27/h2-12,15,26H,13-14H2,1H3,(H,23,29)(H,25,28)/t15-/m0/s1. The van der Waals surface area contributed by atoms with E-state index < -0.39 is 22.0 Å². The second-order valence-corrected chi connectivity index (χ2v) is 9.12. The molecule has 1 atom stereocenters. The normalized spacial score (nSPS) is 12.2. The molecular formula is C21H22ClN5O4S. The zero-order chi connectivity index (χ0) is 23.1. The lowest BCUT2D eigenvalue weighted by atomic mass is 10.2. The van der Waals surface area contributed by atoms with Crippen LogP contribution in [0.4, 0.5) is 5.69 Å². The van der Waals surface area contributed by atoms with Crippen molar-refractivity contribution in [3.05, 3.63) is 77.6 Å². The highest BCUT2D eigenvalue weighted by Gasteiger charge is 2.21. The number of sulfonamides is 1. The molecule has 168 valence electrons. The van der Waals surface area contributed by atoms with Gasteiger partial charge in [0.1, 0.15) is 6.54 Å². The third kappa shape index (κ3) is 6.64. The molecule has 0 aliphatic heterocycles. The number of anilines is 1. The Morgan fingerprint density at radius 2 is 1.88 bits per heavy atom. The number of nitrogens with zero attached hydrogens (tertiary/aromatic N) is 2. The summed E-state index contributed by atoms with van der Waals surface area (Å²) in [5, 5.41) is 9.85. The Hall–Kier alpha value is -3.21. The van der Waals surface area contributed by atoms with E-state index in [9.17, 15) is 18.0 Å². The smallest absolute Gasteiger partial charge is 0.246 e. The monoisotopic (exact) mass is 475 g/mol. The van der Waals surface area contributed by atoms with Crippen molar-refractivity contribution >= 4 is 39.1 Å². The Labute approximate surface area is 190 Å². The van der Waals surface area contributed by atoms with E-state index in [4.69, 9.17) is 11.6 Å². The van der Waals surface area contributed by atoms with Crippen molar-refractivity contribution < 1.29 is 18.0 Å². The van der Waals surface area contributed by atoms with Crippen molar-refractivity contribution in [1.82, 2.24) is 19.8 Å². The Morgan fingerprint density at radius 3 is 2.56 bits per heavy atom. The molecule has 3 N–H and O–H groups in total. The highest BCUT2D eigenvalue weighted by atomic mass is 35.5. The van der Waals surface area contributed by atoms with Gasteiger partial charge in [0.05, 0.1) is 10.9 Å². The third-order valence-electron chi connectivity index (χ3n) is 4.39. The average Bonchev–Trinajstić information content (AvgIpc) is 3.25. The largest absolute Gasteiger partial charge is 0.351 e. The number of rotatable bonds is 9. The van der Waals surface area contributed by atoms with Crippen molar-refractivity contribution in [2.24, 2.45) is 0 Å². The first-order valence-electron chi connectivity index (χ1n) is 9.65. The van der Waals surface area contributed by atoms with Gasteiger partial charge in [-0.15, -0.1) is 0 Å². The number of nitrogens with one attached hydrogen (secondary N) is 3. The molecule has 0 saturated heterocycles. The molecule has 0 fully saturated rings. The summed E-state index contributed by atoms with van der Waals surface area (Å²) in [6.07, 6.45) is 3.28. The topological polar surface area (TPSA) is 122 Å². The summed E-state index contributed by atoms with van der Waals surface area (Å²) in [6.45, 7) is 1.70. The van der Waals surface area contributed by atoms with Crippen LogP contribution < -0.4 is 15.4 Å².